The summed E-state index contributed by atoms with van der Waals surface area (Å²) in [4.78, 5) is 2.59. The Labute approximate surface area is 111 Å². The van der Waals surface area contributed by atoms with Crippen LogP contribution < -0.4 is 5.73 Å². The van der Waals surface area contributed by atoms with Gasteiger partial charge in [0, 0.05) is 18.6 Å². The minimum Gasteiger partial charge on any atom is -0.323 e. The van der Waals surface area contributed by atoms with Crippen molar-refractivity contribution in [3.05, 3.63) is 35.9 Å². The number of nitrogens with two attached hydrogens (primary N) is 1. The third kappa shape index (κ3) is 3.12. The molecular weight excluding hydrogens is 220 g/mol. The van der Waals surface area contributed by atoms with E-state index in [9.17, 15) is 0 Å². The fourth-order valence-electron chi connectivity index (χ4n) is 2.67. The van der Waals surface area contributed by atoms with Gasteiger partial charge < -0.3 is 10.6 Å². The fraction of sp³-hybridized carbons (Fsp3) is 0.625. The highest BCUT2D eigenvalue weighted by Gasteiger charge is 2.35. The maximum atomic E-state index is 6.47. The van der Waals surface area contributed by atoms with E-state index in [4.69, 9.17) is 5.73 Å². The molecule has 2 heteroatoms. The van der Waals surface area contributed by atoms with Crippen LogP contribution in [0.5, 0.6) is 0 Å². The lowest BCUT2D eigenvalue weighted by atomic mass is 9.80. The third-order valence-corrected chi connectivity index (χ3v) is 4.08. The first-order valence-corrected chi connectivity index (χ1v) is 7.09. The molecule has 2 nitrogen and oxygen atoms in total. The van der Waals surface area contributed by atoms with E-state index in [-0.39, 0.29) is 11.5 Å². The minimum atomic E-state index is 0.103. The molecule has 0 saturated heterocycles. The topological polar surface area (TPSA) is 29.3 Å². The van der Waals surface area contributed by atoms with Crippen LogP contribution in [0.15, 0.2) is 30.3 Å². The van der Waals surface area contributed by atoms with Crippen LogP contribution >= 0.6 is 0 Å². The van der Waals surface area contributed by atoms with Crippen molar-refractivity contribution in [3.8, 4) is 0 Å². The molecule has 1 aliphatic rings. The predicted octanol–water partition coefficient (Wildman–Crippen LogP) is 3.20. The Morgan fingerprint density at radius 3 is 2.39 bits per heavy atom. The Bertz CT molecular complexity index is 368. The number of rotatable bonds is 6. The van der Waals surface area contributed by atoms with E-state index in [2.05, 4.69) is 49.9 Å². The first kappa shape index (κ1) is 13.6. The van der Waals surface area contributed by atoms with E-state index in [0.29, 0.717) is 0 Å². The molecule has 1 aromatic carbocycles. The summed E-state index contributed by atoms with van der Waals surface area (Å²) in [5.74, 6) is 0. The van der Waals surface area contributed by atoms with Gasteiger partial charge >= 0.3 is 0 Å². The minimum absolute atomic E-state index is 0.103. The summed E-state index contributed by atoms with van der Waals surface area (Å²) in [6, 6.07) is 11.4. The molecular formula is C16H26N2. The Morgan fingerprint density at radius 1 is 1.28 bits per heavy atom. The molecule has 0 heterocycles. The molecule has 1 fully saturated rings. The molecule has 0 radical (unpaired) electrons. The molecule has 18 heavy (non-hydrogen) atoms. The molecule has 0 bridgehead atoms. The monoisotopic (exact) mass is 246 g/mol. The number of hydrogen-bond donors (Lipinski definition) is 1. The average molecular weight is 246 g/mol. The molecule has 0 amide bonds. The van der Waals surface area contributed by atoms with Gasteiger partial charge in [0.05, 0.1) is 0 Å². The SMILES string of the molecule is CCN(CC(C)(C)C(N)c1ccccc1)C1CC1. The first-order chi connectivity index (χ1) is 8.54. The second-order valence-corrected chi connectivity index (χ2v) is 6.17. The summed E-state index contributed by atoms with van der Waals surface area (Å²) in [6.45, 7) is 9.05. The highest BCUT2D eigenvalue weighted by atomic mass is 15.2. The van der Waals surface area contributed by atoms with Crippen LogP contribution in [-0.2, 0) is 0 Å². The zero-order valence-corrected chi connectivity index (χ0v) is 11.9. The van der Waals surface area contributed by atoms with Gasteiger partial charge in [-0.15, -0.1) is 0 Å². The molecule has 1 saturated carbocycles. The van der Waals surface area contributed by atoms with Crippen molar-refractivity contribution >= 4 is 0 Å². The molecule has 0 spiro atoms. The van der Waals surface area contributed by atoms with E-state index < -0.39 is 0 Å². The summed E-state index contributed by atoms with van der Waals surface area (Å²) in [6.07, 6.45) is 2.73. The van der Waals surface area contributed by atoms with Gasteiger partial charge in [-0.3, -0.25) is 0 Å². The molecule has 1 aromatic rings. The van der Waals surface area contributed by atoms with Crippen LogP contribution in [0.4, 0.5) is 0 Å². The molecule has 1 unspecified atom stereocenters. The van der Waals surface area contributed by atoms with Gasteiger partial charge in [0.2, 0.25) is 0 Å². The summed E-state index contributed by atoms with van der Waals surface area (Å²) < 4.78 is 0. The maximum Gasteiger partial charge on any atom is 0.0359 e. The van der Waals surface area contributed by atoms with E-state index in [1.54, 1.807) is 0 Å². The first-order valence-electron chi connectivity index (χ1n) is 7.09. The molecule has 1 aliphatic carbocycles. The molecule has 0 aromatic heterocycles. The molecule has 2 N–H and O–H groups in total. The van der Waals surface area contributed by atoms with Crippen molar-refractivity contribution in [3.63, 3.8) is 0 Å². The van der Waals surface area contributed by atoms with Gasteiger partial charge in [0.15, 0.2) is 0 Å². The summed E-state index contributed by atoms with van der Waals surface area (Å²) >= 11 is 0. The Balaban J connectivity index is 2.04. The van der Waals surface area contributed by atoms with Gasteiger partial charge in [-0.25, -0.2) is 0 Å². The Morgan fingerprint density at radius 2 is 1.89 bits per heavy atom. The van der Waals surface area contributed by atoms with Crippen LogP contribution in [0.25, 0.3) is 0 Å². The Kier molecular flexibility index (Phi) is 4.08. The molecule has 0 aliphatic heterocycles. The second-order valence-electron chi connectivity index (χ2n) is 6.17. The summed E-state index contributed by atoms with van der Waals surface area (Å²) in [5, 5.41) is 0. The quantitative estimate of drug-likeness (QED) is 0.835. The fourth-order valence-corrected chi connectivity index (χ4v) is 2.67. The highest BCUT2D eigenvalue weighted by molar-refractivity contribution is 5.20. The molecule has 100 valence electrons. The van der Waals surface area contributed by atoms with Crippen molar-refractivity contribution in [2.45, 2.75) is 45.7 Å². The van der Waals surface area contributed by atoms with Crippen molar-refractivity contribution in [2.24, 2.45) is 11.1 Å². The van der Waals surface area contributed by atoms with Crippen LogP contribution in [0, 0.1) is 5.41 Å². The van der Waals surface area contributed by atoms with E-state index >= 15 is 0 Å². The van der Waals surface area contributed by atoms with Crippen LogP contribution in [0.2, 0.25) is 0 Å². The lowest BCUT2D eigenvalue weighted by Gasteiger charge is -2.37. The van der Waals surface area contributed by atoms with Gasteiger partial charge in [-0.2, -0.15) is 0 Å². The normalized spacial score (nSPS) is 18.1. The third-order valence-electron chi connectivity index (χ3n) is 4.08. The van der Waals surface area contributed by atoms with Crippen molar-refractivity contribution in [2.75, 3.05) is 13.1 Å². The smallest absolute Gasteiger partial charge is 0.0359 e. The lowest BCUT2D eigenvalue weighted by molar-refractivity contribution is 0.151. The van der Waals surface area contributed by atoms with Gasteiger partial charge in [0.25, 0.3) is 0 Å². The van der Waals surface area contributed by atoms with Gasteiger partial charge in [-0.1, -0.05) is 51.1 Å². The standard InChI is InChI=1S/C16H26N2/c1-4-18(14-10-11-14)12-16(2,3)15(17)13-8-6-5-7-9-13/h5-9,14-15H,4,10-12,17H2,1-3H3. The average Bonchev–Trinajstić information content (AvgIpc) is 3.20. The van der Waals surface area contributed by atoms with Crippen molar-refractivity contribution < 1.29 is 0 Å². The van der Waals surface area contributed by atoms with E-state index in [1.807, 2.05) is 6.07 Å². The van der Waals surface area contributed by atoms with E-state index in [0.717, 1.165) is 19.1 Å². The summed E-state index contributed by atoms with van der Waals surface area (Å²) in [5.41, 5.74) is 7.83. The maximum absolute atomic E-state index is 6.47. The Hall–Kier alpha value is -0.860. The predicted molar refractivity (Wildman–Crippen MR) is 77.4 cm³/mol. The van der Waals surface area contributed by atoms with Crippen molar-refractivity contribution in [1.82, 2.24) is 4.90 Å². The van der Waals surface area contributed by atoms with Crippen molar-refractivity contribution in [1.29, 1.82) is 0 Å². The van der Waals surface area contributed by atoms with E-state index in [1.165, 1.54) is 18.4 Å². The van der Waals surface area contributed by atoms with Crippen LogP contribution in [0.3, 0.4) is 0 Å². The zero-order chi connectivity index (χ0) is 13.2. The van der Waals surface area contributed by atoms with Crippen LogP contribution in [0.1, 0.15) is 45.2 Å². The summed E-state index contributed by atoms with van der Waals surface area (Å²) in [7, 11) is 0. The van der Waals surface area contributed by atoms with Crippen LogP contribution in [-0.4, -0.2) is 24.0 Å². The lowest BCUT2D eigenvalue weighted by Crippen LogP contribution is -2.41. The number of nitrogens with zero attached hydrogens (tertiary/aromatic N) is 1. The highest BCUT2D eigenvalue weighted by Crippen LogP contribution is 2.35. The largest absolute Gasteiger partial charge is 0.323 e. The number of hydrogen-bond acceptors (Lipinski definition) is 2. The molecule has 2 rings (SSSR count). The van der Waals surface area contributed by atoms with Gasteiger partial charge in [-0.05, 0) is 30.4 Å². The molecule has 1 atom stereocenters. The number of benzene rings is 1. The van der Waals surface area contributed by atoms with Gasteiger partial charge in [0.1, 0.15) is 0 Å². The second kappa shape index (κ2) is 5.41. The zero-order valence-electron chi connectivity index (χ0n) is 11.9.